The first-order valence-corrected chi connectivity index (χ1v) is 15.6. The maximum absolute atomic E-state index is 13.1. The molecule has 4 rings (SSSR count). The van der Waals surface area contributed by atoms with Gasteiger partial charge in [0, 0.05) is 50.4 Å². The van der Waals surface area contributed by atoms with Gasteiger partial charge in [0.15, 0.2) is 9.84 Å². The second-order valence-electron chi connectivity index (χ2n) is 10.3. The lowest BCUT2D eigenvalue weighted by molar-refractivity contribution is -0.137. The molecule has 230 valence electrons. The van der Waals surface area contributed by atoms with Crippen LogP contribution in [-0.2, 0) is 27.2 Å². The molecule has 1 saturated heterocycles. The summed E-state index contributed by atoms with van der Waals surface area (Å²) >= 11 is 0. The number of anilines is 2. The number of carbonyl (C=O) groups excluding carboxylic acids is 2. The third-order valence-corrected chi connectivity index (χ3v) is 8.13. The average Bonchev–Trinajstić information content (AvgIpc) is 2.96. The first-order chi connectivity index (χ1) is 20.4. The Bertz CT molecular complexity index is 1480. The Kier molecular flexibility index (Phi) is 10.4. The number of nitrogens with zero attached hydrogens (tertiary/aromatic N) is 3. The number of urea groups is 1. The highest BCUT2D eigenvalue weighted by atomic mass is 32.2. The molecule has 0 radical (unpaired) electrons. The number of hydrazine groups is 1. The summed E-state index contributed by atoms with van der Waals surface area (Å²) in [6.07, 6.45) is -2.53. The molecule has 43 heavy (non-hydrogen) atoms. The van der Waals surface area contributed by atoms with E-state index in [-0.39, 0.29) is 22.9 Å². The van der Waals surface area contributed by atoms with Crippen molar-refractivity contribution >= 4 is 33.2 Å². The average molecular weight is 618 g/mol. The number of para-hydroxylation sites is 1. The first kappa shape index (κ1) is 32.0. The molecule has 9 nitrogen and oxygen atoms in total. The molecule has 0 saturated carbocycles. The minimum atomic E-state index is -4.45. The largest absolute Gasteiger partial charge is 0.416 e. The Labute approximate surface area is 249 Å². The SMILES string of the molecule is CS(=O)(=O)c1ccc(CC(=O)NN2CCN(CCCN(C(=O)Nc3ccc(C(F)(F)F)cc3)c3ccccc3)CC2)cc1. The van der Waals surface area contributed by atoms with Crippen LogP contribution < -0.4 is 15.6 Å². The molecule has 0 aromatic heterocycles. The minimum Gasteiger partial charge on any atom is -0.308 e. The van der Waals surface area contributed by atoms with Crippen molar-refractivity contribution in [2.45, 2.75) is 23.9 Å². The molecule has 0 aliphatic carbocycles. The number of hydrogen-bond donors (Lipinski definition) is 2. The van der Waals surface area contributed by atoms with Crippen LogP contribution in [0.2, 0.25) is 0 Å². The second-order valence-corrected chi connectivity index (χ2v) is 12.3. The number of sulfone groups is 1. The Balaban J connectivity index is 1.23. The third-order valence-electron chi connectivity index (χ3n) is 7.00. The van der Waals surface area contributed by atoms with Crippen molar-refractivity contribution in [3.8, 4) is 0 Å². The third kappa shape index (κ3) is 9.53. The van der Waals surface area contributed by atoms with Crippen molar-refractivity contribution in [1.82, 2.24) is 15.3 Å². The van der Waals surface area contributed by atoms with E-state index in [4.69, 9.17) is 0 Å². The molecule has 3 amide bonds. The van der Waals surface area contributed by atoms with Crippen LogP contribution in [-0.4, -0.2) is 75.8 Å². The number of amides is 3. The number of piperazine rings is 1. The minimum absolute atomic E-state index is 0.133. The van der Waals surface area contributed by atoms with Crippen LogP contribution in [0.5, 0.6) is 0 Å². The number of hydrogen-bond acceptors (Lipinski definition) is 6. The zero-order valence-corrected chi connectivity index (χ0v) is 24.5. The Morgan fingerprint density at radius 1 is 0.884 bits per heavy atom. The summed E-state index contributed by atoms with van der Waals surface area (Å²) in [4.78, 5) is 29.6. The van der Waals surface area contributed by atoms with E-state index in [0.717, 1.165) is 18.4 Å². The van der Waals surface area contributed by atoms with Crippen LogP contribution in [0.3, 0.4) is 0 Å². The highest BCUT2D eigenvalue weighted by molar-refractivity contribution is 7.90. The molecule has 13 heteroatoms. The van der Waals surface area contributed by atoms with Crippen molar-refractivity contribution in [1.29, 1.82) is 0 Å². The van der Waals surface area contributed by atoms with Gasteiger partial charge in [-0.2, -0.15) is 13.2 Å². The Morgan fingerprint density at radius 2 is 1.51 bits per heavy atom. The van der Waals surface area contributed by atoms with E-state index in [2.05, 4.69) is 15.6 Å². The van der Waals surface area contributed by atoms with Crippen LogP contribution in [0.4, 0.5) is 29.3 Å². The molecule has 3 aromatic carbocycles. The number of alkyl halides is 3. The molecule has 3 aromatic rings. The van der Waals surface area contributed by atoms with Gasteiger partial charge in [-0.25, -0.2) is 18.2 Å². The second kappa shape index (κ2) is 14.0. The zero-order valence-electron chi connectivity index (χ0n) is 23.7. The molecule has 1 aliphatic heterocycles. The summed E-state index contributed by atoms with van der Waals surface area (Å²) < 4.78 is 61.9. The van der Waals surface area contributed by atoms with Crippen molar-refractivity contribution in [3.63, 3.8) is 0 Å². The summed E-state index contributed by atoms with van der Waals surface area (Å²) in [6.45, 7) is 3.78. The van der Waals surface area contributed by atoms with Crippen LogP contribution >= 0.6 is 0 Å². The molecular weight excluding hydrogens is 583 g/mol. The quantitative estimate of drug-likeness (QED) is 0.349. The van der Waals surface area contributed by atoms with Crippen LogP contribution in [0, 0.1) is 0 Å². The van der Waals surface area contributed by atoms with Crippen LogP contribution in [0.15, 0.2) is 83.8 Å². The van der Waals surface area contributed by atoms with Gasteiger partial charge >= 0.3 is 12.2 Å². The normalized spacial score (nSPS) is 14.7. The van der Waals surface area contributed by atoms with E-state index in [0.29, 0.717) is 56.9 Å². The Morgan fingerprint density at radius 3 is 2.09 bits per heavy atom. The van der Waals surface area contributed by atoms with Gasteiger partial charge in [0.25, 0.3) is 0 Å². The zero-order chi connectivity index (χ0) is 31.0. The van der Waals surface area contributed by atoms with Gasteiger partial charge < -0.3 is 10.2 Å². The van der Waals surface area contributed by atoms with Gasteiger partial charge in [-0.15, -0.1) is 0 Å². The van der Waals surface area contributed by atoms with E-state index in [1.165, 1.54) is 24.3 Å². The molecule has 0 bridgehead atoms. The van der Waals surface area contributed by atoms with Crippen molar-refractivity contribution in [2.24, 2.45) is 0 Å². The summed E-state index contributed by atoms with van der Waals surface area (Å²) in [5, 5.41) is 4.55. The smallest absolute Gasteiger partial charge is 0.308 e. The van der Waals surface area contributed by atoms with Gasteiger partial charge in [-0.05, 0) is 67.1 Å². The van der Waals surface area contributed by atoms with E-state index >= 15 is 0 Å². The van der Waals surface area contributed by atoms with Crippen LogP contribution in [0.1, 0.15) is 17.5 Å². The fourth-order valence-electron chi connectivity index (χ4n) is 4.68. The number of carbonyl (C=O) groups is 2. The number of benzene rings is 3. The topological polar surface area (TPSA) is 102 Å². The molecule has 1 fully saturated rings. The molecule has 2 N–H and O–H groups in total. The Hall–Kier alpha value is -3.94. The predicted molar refractivity (Wildman–Crippen MR) is 158 cm³/mol. The van der Waals surface area contributed by atoms with Gasteiger partial charge in [0.2, 0.25) is 5.91 Å². The molecule has 0 unspecified atom stereocenters. The van der Waals surface area contributed by atoms with Gasteiger partial charge in [-0.3, -0.25) is 15.1 Å². The number of rotatable bonds is 10. The van der Waals surface area contributed by atoms with Crippen molar-refractivity contribution < 1.29 is 31.2 Å². The van der Waals surface area contributed by atoms with E-state index < -0.39 is 27.6 Å². The lowest BCUT2D eigenvalue weighted by Crippen LogP contribution is -2.54. The summed E-state index contributed by atoms with van der Waals surface area (Å²) in [5.74, 6) is -0.182. The van der Waals surface area contributed by atoms with Gasteiger partial charge in [-0.1, -0.05) is 30.3 Å². The molecule has 1 heterocycles. The summed E-state index contributed by atoms with van der Waals surface area (Å²) in [6, 6.07) is 19.2. The standard InChI is InChI=1S/C30H34F3N5O4S/c1-43(41,42)27-14-8-23(9-15-27)22-28(39)35-37-20-18-36(19-21-37)16-5-17-38(26-6-3-2-4-7-26)29(40)34-25-12-10-24(11-13-25)30(31,32)33/h2-4,6-15H,5,16-22H2,1H3,(H,34,40)(H,35,39). The molecular formula is C30H34F3N5O4S. The van der Waals surface area contributed by atoms with E-state index in [1.807, 2.05) is 23.2 Å². The lowest BCUT2D eigenvalue weighted by atomic mass is 10.1. The maximum atomic E-state index is 13.1. The highest BCUT2D eigenvalue weighted by Gasteiger charge is 2.30. The molecule has 0 atom stereocenters. The maximum Gasteiger partial charge on any atom is 0.416 e. The van der Waals surface area contributed by atoms with Crippen molar-refractivity contribution in [2.75, 3.05) is 55.7 Å². The van der Waals surface area contributed by atoms with Gasteiger partial charge in [0.1, 0.15) is 0 Å². The van der Waals surface area contributed by atoms with Crippen LogP contribution in [0.25, 0.3) is 0 Å². The van der Waals surface area contributed by atoms with Crippen molar-refractivity contribution in [3.05, 3.63) is 90.0 Å². The lowest BCUT2D eigenvalue weighted by Gasteiger charge is -2.35. The number of halogens is 3. The fraction of sp³-hybridized carbons (Fsp3) is 0.333. The van der Waals surface area contributed by atoms with E-state index in [9.17, 15) is 31.2 Å². The monoisotopic (exact) mass is 617 g/mol. The first-order valence-electron chi connectivity index (χ1n) is 13.7. The predicted octanol–water partition coefficient (Wildman–Crippen LogP) is 4.43. The number of nitrogens with one attached hydrogen (secondary N) is 2. The molecule has 0 spiro atoms. The van der Waals surface area contributed by atoms with E-state index in [1.54, 1.807) is 29.2 Å². The summed E-state index contributed by atoms with van der Waals surface area (Å²) in [7, 11) is -3.29. The molecule has 1 aliphatic rings. The van der Waals surface area contributed by atoms with Gasteiger partial charge in [0.05, 0.1) is 16.9 Å². The highest BCUT2D eigenvalue weighted by Crippen LogP contribution is 2.30. The fourth-order valence-corrected chi connectivity index (χ4v) is 5.31. The summed E-state index contributed by atoms with van der Waals surface area (Å²) in [5.41, 5.74) is 3.77.